The van der Waals surface area contributed by atoms with Crippen molar-refractivity contribution in [2.45, 2.75) is 6.04 Å². The van der Waals surface area contributed by atoms with Gasteiger partial charge in [0.15, 0.2) is 0 Å². The number of nitrogens with zero attached hydrogens (tertiary/aromatic N) is 1. The summed E-state index contributed by atoms with van der Waals surface area (Å²) < 4.78 is 0. The number of nitrogens with one attached hydrogen (secondary N) is 1. The summed E-state index contributed by atoms with van der Waals surface area (Å²) in [7, 11) is 0. The van der Waals surface area contributed by atoms with Crippen molar-refractivity contribution in [3.8, 4) is 0 Å². The van der Waals surface area contributed by atoms with E-state index in [-0.39, 0.29) is 6.04 Å². The van der Waals surface area contributed by atoms with Gasteiger partial charge in [0.2, 0.25) is 0 Å². The van der Waals surface area contributed by atoms with Crippen LogP contribution in [0.15, 0.2) is 42.5 Å². The van der Waals surface area contributed by atoms with Crippen molar-refractivity contribution in [2.24, 2.45) is 5.73 Å². The van der Waals surface area contributed by atoms with Gasteiger partial charge in [0.25, 0.3) is 0 Å². The van der Waals surface area contributed by atoms with E-state index in [0.29, 0.717) is 4.99 Å². The zero-order valence-corrected chi connectivity index (χ0v) is 12.2. The summed E-state index contributed by atoms with van der Waals surface area (Å²) in [5, 5.41) is 5.85. The van der Waals surface area contributed by atoms with Crippen LogP contribution in [-0.4, -0.2) is 36.1 Å². The van der Waals surface area contributed by atoms with Crippen molar-refractivity contribution in [3.63, 3.8) is 0 Å². The molecule has 1 atom stereocenters. The van der Waals surface area contributed by atoms with E-state index in [1.807, 2.05) is 0 Å². The molecule has 0 bridgehead atoms. The zero-order chi connectivity index (χ0) is 13.9. The van der Waals surface area contributed by atoms with E-state index in [1.54, 1.807) is 0 Å². The van der Waals surface area contributed by atoms with Gasteiger partial charge in [-0.05, 0) is 16.3 Å². The number of benzene rings is 2. The summed E-state index contributed by atoms with van der Waals surface area (Å²) >= 11 is 5.36. The average Bonchev–Trinajstić information content (AvgIpc) is 2.48. The number of nitrogens with two attached hydrogens (primary N) is 1. The Bertz CT molecular complexity index is 615. The Balaban J connectivity index is 2.07. The fraction of sp³-hybridized carbons (Fsp3) is 0.312. The Hall–Kier alpha value is -1.49. The van der Waals surface area contributed by atoms with Crippen molar-refractivity contribution in [1.29, 1.82) is 0 Å². The molecule has 0 radical (unpaired) electrons. The minimum Gasteiger partial charge on any atom is -0.392 e. The molecule has 3 N–H and O–H groups in total. The van der Waals surface area contributed by atoms with Gasteiger partial charge in [0.1, 0.15) is 0 Å². The molecule has 4 heteroatoms. The molecule has 1 unspecified atom stereocenters. The van der Waals surface area contributed by atoms with Crippen molar-refractivity contribution in [2.75, 3.05) is 26.2 Å². The third-order valence-electron chi connectivity index (χ3n) is 3.90. The van der Waals surface area contributed by atoms with Crippen LogP contribution in [0.25, 0.3) is 10.8 Å². The molecule has 2 aromatic rings. The summed E-state index contributed by atoms with van der Waals surface area (Å²) in [5.74, 6) is 0. The van der Waals surface area contributed by atoms with E-state index in [4.69, 9.17) is 18.0 Å². The average molecular weight is 285 g/mol. The topological polar surface area (TPSA) is 41.3 Å². The van der Waals surface area contributed by atoms with Crippen LogP contribution in [0.4, 0.5) is 0 Å². The molecule has 3 rings (SSSR count). The molecule has 20 heavy (non-hydrogen) atoms. The standard InChI is InChI=1S/C16H19N3S/c17-16(20)15(19-10-8-18-9-11-19)14-7-3-5-12-4-1-2-6-13(12)14/h1-7,15,18H,8-11H2,(H2,17,20). The summed E-state index contributed by atoms with van der Waals surface area (Å²) in [6, 6.07) is 14.8. The number of hydrogen-bond acceptors (Lipinski definition) is 3. The Morgan fingerprint density at radius 1 is 1.10 bits per heavy atom. The molecule has 1 aliphatic heterocycles. The smallest absolute Gasteiger partial charge is 0.0948 e. The normalized spacial score (nSPS) is 18.0. The van der Waals surface area contributed by atoms with Gasteiger partial charge in [-0.25, -0.2) is 0 Å². The zero-order valence-electron chi connectivity index (χ0n) is 11.4. The van der Waals surface area contributed by atoms with Gasteiger partial charge in [-0.1, -0.05) is 54.7 Å². The maximum Gasteiger partial charge on any atom is 0.0948 e. The van der Waals surface area contributed by atoms with E-state index in [9.17, 15) is 0 Å². The van der Waals surface area contributed by atoms with E-state index in [0.717, 1.165) is 26.2 Å². The van der Waals surface area contributed by atoms with E-state index < -0.39 is 0 Å². The number of hydrogen-bond donors (Lipinski definition) is 2. The number of fused-ring (bicyclic) bond motifs is 1. The van der Waals surface area contributed by atoms with Gasteiger partial charge in [0, 0.05) is 26.2 Å². The van der Waals surface area contributed by atoms with Crippen LogP contribution >= 0.6 is 12.2 Å². The van der Waals surface area contributed by atoms with Crippen LogP contribution in [0, 0.1) is 0 Å². The molecule has 3 nitrogen and oxygen atoms in total. The highest BCUT2D eigenvalue weighted by molar-refractivity contribution is 7.80. The molecule has 1 fully saturated rings. The summed E-state index contributed by atoms with van der Waals surface area (Å²) in [6.45, 7) is 3.93. The summed E-state index contributed by atoms with van der Waals surface area (Å²) in [5.41, 5.74) is 7.28. The first-order chi connectivity index (χ1) is 9.77. The Morgan fingerprint density at radius 2 is 1.80 bits per heavy atom. The lowest BCUT2D eigenvalue weighted by Crippen LogP contribution is -2.48. The molecule has 0 spiro atoms. The van der Waals surface area contributed by atoms with Gasteiger partial charge in [-0.3, -0.25) is 4.90 Å². The number of rotatable bonds is 3. The van der Waals surface area contributed by atoms with E-state index in [2.05, 4.69) is 52.7 Å². The van der Waals surface area contributed by atoms with Crippen LogP contribution in [0.5, 0.6) is 0 Å². The maximum atomic E-state index is 6.06. The quantitative estimate of drug-likeness (QED) is 0.847. The van der Waals surface area contributed by atoms with Gasteiger partial charge in [-0.15, -0.1) is 0 Å². The maximum absolute atomic E-state index is 6.06. The predicted octanol–water partition coefficient (Wildman–Crippen LogP) is 2.07. The summed E-state index contributed by atoms with van der Waals surface area (Å²) in [4.78, 5) is 2.93. The summed E-state index contributed by atoms with van der Waals surface area (Å²) in [6.07, 6.45) is 0. The highest BCUT2D eigenvalue weighted by atomic mass is 32.1. The molecule has 104 valence electrons. The van der Waals surface area contributed by atoms with Crippen LogP contribution in [0.1, 0.15) is 11.6 Å². The van der Waals surface area contributed by atoms with Crippen LogP contribution in [0.3, 0.4) is 0 Å². The van der Waals surface area contributed by atoms with Crippen LogP contribution < -0.4 is 11.1 Å². The molecule has 1 aliphatic rings. The first-order valence-corrected chi connectivity index (χ1v) is 7.40. The Labute approximate surface area is 124 Å². The van der Waals surface area contributed by atoms with Crippen molar-refractivity contribution in [3.05, 3.63) is 48.0 Å². The van der Waals surface area contributed by atoms with Gasteiger partial charge in [-0.2, -0.15) is 0 Å². The number of thiocarbonyl (C=S) groups is 1. The fourth-order valence-electron chi connectivity index (χ4n) is 2.96. The highest BCUT2D eigenvalue weighted by Gasteiger charge is 2.25. The lowest BCUT2D eigenvalue weighted by molar-refractivity contribution is 0.216. The monoisotopic (exact) mass is 285 g/mol. The van der Waals surface area contributed by atoms with Crippen LogP contribution in [0.2, 0.25) is 0 Å². The molecule has 1 heterocycles. The molecule has 1 saturated heterocycles. The fourth-order valence-corrected chi connectivity index (χ4v) is 3.24. The van der Waals surface area contributed by atoms with Crippen molar-refractivity contribution >= 4 is 28.0 Å². The second kappa shape index (κ2) is 5.87. The lowest BCUT2D eigenvalue weighted by atomic mass is 9.97. The third-order valence-corrected chi connectivity index (χ3v) is 4.13. The molecular weight excluding hydrogens is 266 g/mol. The van der Waals surface area contributed by atoms with Crippen molar-refractivity contribution < 1.29 is 0 Å². The molecule has 0 aromatic heterocycles. The third kappa shape index (κ3) is 2.54. The van der Waals surface area contributed by atoms with E-state index >= 15 is 0 Å². The molecule has 2 aromatic carbocycles. The van der Waals surface area contributed by atoms with Crippen LogP contribution in [-0.2, 0) is 0 Å². The Kier molecular flexibility index (Phi) is 3.96. The largest absolute Gasteiger partial charge is 0.392 e. The first kappa shape index (κ1) is 13.5. The lowest BCUT2D eigenvalue weighted by Gasteiger charge is -2.35. The second-order valence-corrected chi connectivity index (χ2v) is 5.63. The van der Waals surface area contributed by atoms with E-state index in [1.165, 1.54) is 16.3 Å². The predicted molar refractivity (Wildman–Crippen MR) is 87.9 cm³/mol. The van der Waals surface area contributed by atoms with Gasteiger partial charge < -0.3 is 11.1 Å². The SMILES string of the molecule is NC(=S)C(c1cccc2ccccc12)N1CCNCC1. The van der Waals surface area contributed by atoms with Gasteiger partial charge >= 0.3 is 0 Å². The first-order valence-electron chi connectivity index (χ1n) is 6.99. The minimum absolute atomic E-state index is 0.0261. The molecule has 0 aliphatic carbocycles. The molecule has 0 saturated carbocycles. The van der Waals surface area contributed by atoms with Crippen molar-refractivity contribution in [1.82, 2.24) is 10.2 Å². The van der Waals surface area contributed by atoms with Gasteiger partial charge in [0.05, 0.1) is 11.0 Å². The molecule has 0 amide bonds. The highest BCUT2D eigenvalue weighted by Crippen LogP contribution is 2.28. The number of piperazine rings is 1. The molecular formula is C16H19N3S. The Morgan fingerprint density at radius 3 is 2.55 bits per heavy atom. The second-order valence-electron chi connectivity index (χ2n) is 5.16. The minimum atomic E-state index is 0.0261.